The maximum atomic E-state index is 12.4. The van der Waals surface area contributed by atoms with Gasteiger partial charge in [-0.1, -0.05) is 6.92 Å². The van der Waals surface area contributed by atoms with Crippen molar-refractivity contribution < 1.29 is 17.9 Å². The summed E-state index contributed by atoms with van der Waals surface area (Å²) in [6.07, 6.45) is -2.97. The second kappa shape index (κ2) is 5.87. The molecule has 0 aliphatic carbocycles. The lowest BCUT2D eigenvalue weighted by Gasteiger charge is -2.31. The molecule has 1 aliphatic rings. The lowest BCUT2D eigenvalue weighted by Crippen LogP contribution is -2.43. The van der Waals surface area contributed by atoms with E-state index < -0.39 is 18.8 Å². The van der Waals surface area contributed by atoms with E-state index in [2.05, 4.69) is 15.2 Å². The van der Waals surface area contributed by atoms with Gasteiger partial charge >= 0.3 is 6.18 Å². The van der Waals surface area contributed by atoms with E-state index in [9.17, 15) is 13.2 Å². The molecule has 1 atom stereocenters. The highest BCUT2D eigenvalue weighted by Gasteiger charge is 2.34. The summed E-state index contributed by atoms with van der Waals surface area (Å²) in [4.78, 5) is 5.58. The Bertz CT molecular complexity index is 407. The molecule has 1 N–H and O–H groups in total. The highest BCUT2D eigenvalue weighted by Crippen LogP contribution is 2.23. The molecule has 0 spiro atoms. The Labute approximate surface area is 109 Å². The molecule has 2 heterocycles. The number of morpholine rings is 1. The average molecular weight is 278 g/mol. The molecule has 108 valence electrons. The van der Waals surface area contributed by atoms with Gasteiger partial charge in [0.2, 0.25) is 0 Å². The number of alkyl halides is 3. The van der Waals surface area contributed by atoms with Gasteiger partial charge in [0.1, 0.15) is 11.9 Å². The van der Waals surface area contributed by atoms with Crippen LogP contribution in [-0.4, -0.2) is 52.5 Å². The Morgan fingerprint density at radius 2 is 2.26 bits per heavy atom. The number of nitrogens with zero attached hydrogens (tertiary/aromatic N) is 3. The molecule has 0 saturated carbocycles. The van der Waals surface area contributed by atoms with E-state index >= 15 is 0 Å². The van der Waals surface area contributed by atoms with Crippen molar-refractivity contribution in [2.75, 3.05) is 26.2 Å². The van der Waals surface area contributed by atoms with E-state index in [1.165, 1.54) is 4.90 Å². The van der Waals surface area contributed by atoms with Crippen LogP contribution in [0.25, 0.3) is 0 Å². The number of halogens is 3. The van der Waals surface area contributed by atoms with Crippen LogP contribution in [0.5, 0.6) is 0 Å². The maximum absolute atomic E-state index is 12.4. The summed E-state index contributed by atoms with van der Waals surface area (Å²) in [5.74, 6) is 1.18. The first-order valence-electron chi connectivity index (χ1n) is 6.30. The molecule has 0 aromatic carbocycles. The van der Waals surface area contributed by atoms with Crippen molar-refractivity contribution in [3.63, 3.8) is 0 Å². The Morgan fingerprint density at radius 3 is 2.95 bits per heavy atom. The molecule has 2 rings (SSSR count). The molecule has 1 aromatic rings. The minimum atomic E-state index is -4.19. The largest absolute Gasteiger partial charge is 0.401 e. The molecule has 0 amide bonds. The van der Waals surface area contributed by atoms with E-state index in [0.717, 1.165) is 18.7 Å². The van der Waals surface area contributed by atoms with Gasteiger partial charge in [-0.15, -0.1) is 0 Å². The van der Waals surface area contributed by atoms with Gasteiger partial charge in [0, 0.05) is 19.5 Å². The summed E-state index contributed by atoms with van der Waals surface area (Å²) < 4.78 is 42.5. The molecule has 1 unspecified atom stereocenters. The van der Waals surface area contributed by atoms with Crippen molar-refractivity contribution >= 4 is 0 Å². The van der Waals surface area contributed by atoms with Crippen molar-refractivity contribution in [1.82, 2.24) is 20.1 Å². The van der Waals surface area contributed by atoms with Crippen molar-refractivity contribution in [2.24, 2.45) is 0 Å². The van der Waals surface area contributed by atoms with Gasteiger partial charge in [0.15, 0.2) is 5.82 Å². The standard InChI is InChI=1S/C11H17F3N4O/c1-2-3-9-15-10(17-16-9)8-6-18(4-5-19-8)7-11(12,13)14/h8H,2-7H2,1H3,(H,15,16,17). The molecule has 1 saturated heterocycles. The molecule has 1 aromatic heterocycles. The van der Waals surface area contributed by atoms with Gasteiger partial charge < -0.3 is 4.74 Å². The molecule has 0 radical (unpaired) electrons. The number of aryl methyl sites for hydroxylation is 1. The van der Waals surface area contributed by atoms with Crippen molar-refractivity contribution in [3.05, 3.63) is 11.6 Å². The number of ether oxygens (including phenoxy) is 1. The zero-order valence-electron chi connectivity index (χ0n) is 10.7. The summed E-state index contributed by atoms with van der Waals surface area (Å²) in [7, 11) is 0. The minimum Gasteiger partial charge on any atom is -0.367 e. The van der Waals surface area contributed by atoms with Crippen LogP contribution in [0, 0.1) is 0 Å². The Kier molecular flexibility index (Phi) is 4.41. The maximum Gasteiger partial charge on any atom is 0.401 e. The lowest BCUT2D eigenvalue weighted by molar-refractivity contribution is -0.160. The highest BCUT2D eigenvalue weighted by molar-refractivity contribution is 4.97. The Morgan fingerprint density at radius 1 is 1.47 bits per heavy atom. The number of aromatic nitrogens is 3. The second-order valence-corrected chi connectivity index (χ2v) is 4.60. The summed E-state index contributed by atoms with van der Waals surface area (Å²) in [6, 6.07) is 0. The minimum absolute atomic E-state index is 0.170. The summed E-state index contributed by atoms with van der Waals surface area (Å²) >= 11 is 0. The molecule has 1 fully saturated rings. The fourth-order valence-electron chi connectivity index (χ4n) is 2.06. The van der Waals surface area contributed by atoms with Crippen LogP contribution in [0.4, 0.5) is 13.2 Å². The normalized spacial score (nSPS) is 21.8. The summed E-state index contributed by atoms with van der Waals surface area (Å²) in [5, 5.41) is 6.81. The van der Waals surface area contributed by atoms with Crippen LogP contribution in [0.1, 0.15) is 31.1 Å². The first-order chi connectivity index (χ1) is 8.98. The Hall–Kier alpha value is -1.15. The van der Waals surface area contributed by atoms with Gasteiger partial charge in [-0.25, -0.2) is 4.98 Å². The second-order valence-electron chi connectivity index (χ2n) is 4.60. The SMILES string of the molecule is CCCc1nc(C2CN(CC(F)(F)F)CCO2)n[nH]1. The van der Waals surface area contributed by atoms with Gasteiger partial charge in [-0.3, -0.25) is 10.00 Å². The van der Waals surface area contributed by atoms with Crippen molar-refractivity contribution in [3.8, 4) is 0 Å². The third-order valence-corrected chi connectivity index (χ3v) is 2.88. The number of rotatable bonds is 4. The van der Waals surface area contributed by atoms with Crippen LogP contribution < -0.4 is 0 Å². The van der Waals surface area contributed by atoms with Crippen molar-refractivity contribution in [1.29, 1.82) is 0 Å². The fraction of sp³-hybridized carbons (Fsp3) is 0.818. The summed E-state index contributed by atoms with van der Waals surface area (Å²) in [5.41, 5.74) is 0. The zero-order valence-corrected chi connectivity index (χ0v) is 10.7. The molecule has 19 heavy (non-hydrogen) atoms. The summed E-state index contributed by atoms with van der Waals surface area (Å²) in [6.45, 7) is 1.81. The number of aromatic amines is 1. The third kappa shape index (κ3) is 4.17. The smallest absolute Gasteiger partial charge is 0.367 e. The van der Waals surface area contributed by atoms with Gasteiger partial charge in [-0.05, 0) is 6.42 Å². The zero-order chi connectivity index (χ0) is 13.9. The molecule has 1 aliphatic heterocycles. The van der Waals surface area contributed by atoms with Crippen LogP contribution in [0.15, 0.2) is 0 Å². The number of nitrogens with one attached hydrogen (secondary N) is 1. The lowest BCUT2D eigenvalue weighted by atomic mass is 10.2. The van der Waals surface area contributed by atoms with E-state index in [1.807, 2.05) is 6.92 Å². The van der Waals surface area contributed by atoms with Crippen LogP contribution in [0.2, 0.25) is 0 Å². The first kappa shape index (κ1) is 14.3. The van der Waals surface area contributed by atoms with E-state index in [0.29, 0.717) is 5.82 Å². The highest BCUT2D eigenvalue weighted by atomic mass is 19.4. The van der Waals surface area contributed by atoms with Crippen LogP contribution in [0.3, 0.4) is 0 Å². The third-order valence-electron chi connectivity index (χ3n) is 2.88. The van der Waals surface area contributed by atoms with E-state index in [1.54, 1.807) is 0 Å². The monoisotopic (exact) mass is 278 g/mol. The topological polar surface area (TPSA) is 54.0 Å². The fourth-order valence-corrected chi connectivity index (χ4v) is 2.06. The first-order valence-corrected chi connectivity index (χ1v) is 6.30. The molecule has 0 bridgehead atoms. The molecule has 5 nitrogen and oxygen atoms in total. The average Bonchev–Trinajstić information content (AvgIpc) is 2.76. The van der Waals surface area contributed by atoms with Gasteiger partial charge in [-0.2, -0.15) is 18.3 Å². The predicted molar refractivity (Wildman–Crippen MR) is 61.6 cm³/mol. The van der Waals surface area contributed by atoms with Crippen LogP contribution >= 0.6 is 0 Å². The number of hydrogen-bond donors (Lipinski definition) is 1. The van der Waals surface area contributed by atoms with Gasteiger partial charge in [0.05, 0.1) is 13.2 Å². The molecule has 8 heteroatoms. The molecular formula is C11H17F3N4O. The Balaban J connectivity index is 1.96. The predicted octanol–water partition coefficient (Wildman–Crippen LogP) is 1.69. The number of H-pyrrole nitrogens is 1. The van der Waals surface area contributed by atoms with E-state index in [4.69, 9.17) is 4.74 Å². The quantitative estimate of drug-likeness (QED) is 0.910. The molecular weight excluding hydrogens is 261 g/mol. The van der Waals surface area contributed by atoms with Crippen molar-refractivity contribution in [2.45, 2.75) is 32.0 Å². The van der Waals surface area contributed by atoms with Crippen LogP contribution in [-0.2, 0) is 11.2 Å². The van der Waals surface area contributed by atoms with E-state index in [-0.39, 0.29) is 19.7 Å². The van der Waals surface area contributed by atoms with Gasteiger partial charge in [0.25, 0.3) is 0 Å². The number of hydrogen-bond acceptors (Lipinski definition) is 4.